The van der Waals surface area contributed by atoms with E-state index in [9.17, 15) is 13.6 Å². The minimum Gasteiger partial charge on any atom is -0.421 e. The lowest BCUT2D eigenvalue weighted by atomic mass is 10.0. The van der Waals surface area contributed by atoms with E-state index in [0.717, 1.165) is 25.9 Å². The first-order valence-corrected chi connectivity index (χ1v) is 11.1. The number of halogens is 2. The fourth-order valence-electron chi connectivity index (χ4n) is 4.40. The summed E-state index contributed by atoms with van der Waals surface area (Å²) in [6.07, 6.45) is 3.12. The van der Waals surface area contributed by atoms with Crippen LogP contribution >= 0.6 is 0 Å². The number of nitrogens with zero attached hydrogens (tertiary/aromatic N) is 4. The molecular weight excluding hydrogens is 440 g/mol. The summed E-state index contributed by atoms with van der Waals surface area (Å²) in [5.74, 6) is -0.921. The number of piperidine rings is 1. The van der Waals surface area contributed by atoms with Crippen LogP contribution in [-0.4, -0.2) is 32.4 Å². The third-order valence-corrected chi connectivity index (χ3v) is 6.01. The van der Waals surface area contributed by atoms with Gasteiger partial charge in [0.05, 0.1) is 23.0 Å². The average Bonchev–Trinajstić information content (AvgIpc) is 3.11. The normalized spacial score (nSPS) is 14.3. The number of hydrogen-bond donors (Lipinski definition) is 1. The lowest BCUT2D eigenvalue weighted by Gasteiger charge is -2.25. The van der Waals surface area contributed by atoms with Crippen molar-refractivity contribution in [2.75, 3.05) is 13.1 Å². The molecule has 0 saturated carbocycles. The molecule has 0 bridgehead atoms. The van der Waals surface area contributed by atoms with Crippen molar-refractivity contribution in [3.8, 4) is 34.3 Å². The number of ether oxygens (including phenoxy) is 1. The minimum atomic E-state index is -0.534. The van der Waals surface area contributed by atoms with E-state index in [1.54, 1.807) is 39.7 Å². The van der Waals surface area contributed by atoms with Crippen LogP contribution < -0.4 is 15.6 Å². The summed E-state index contributed by atoms with van der Waals surface area (Å²) >= 11 is 0. The number of aromatic nitrogens is 4. The highest BCUT2D eigenvalue weighted by Gasteiger charge is 2.27. The fourth-order valence-corrected chi connectivity index (χ4v) is 4.40. The first kappa shape index (κ1) is 22.0. The summed E-state index contributed by atoms with van der Waals surface area (Å²) in [4.78, 5) is 22.3. The molecule has 0 amide bonds. The van der Waals surface area contributed by atoms with Gasteiger partial charge in [-0.2, -0.15) is 4.98 Å². The number of para-hydroxylation sites is 1. The molecule has 5 rings (SSSR count). The van der Waals surface area contributed by atoms with Gasteiger partial charge in [0, 0.05) is 13.2 Å². The van der Waals surface area contributed by atoms with Gasteiger partial charge in [-0.3, -0.25) is 9.48 Å². The van der Waals surface area contributed by atoms with Crippen molar-refractivity contribution in [1.29, 1.82) is 0 Å². The molecule has 3 heterocycles. The van der Waals surface area contributed by atoms with Crippen molar-refractivity contribution in [1.82, 2.24) is 24.6 Å². The van der Waals surface area contributed by atoms with Crippen molar-refractivity contribution in [3.63, 3.8) is 0 Å². The van der Waals surface area contributed by atoms with Crippen molar-refractivity contribution < 1.29 is 13.5 Å². The van der Waals surface area contributed by atoms with Crippen LogP contribution in [0.2, 0.25) is 0 Å². The van der Waals surface area contributed by atoms with Crippen LogP contribution in [0.25, 0.3) is 22.5 Å². The van der Waals surface area contributed by atoms with Gasteiger partial charge < -0.3 is 10.1 Å². The van der Waals surface area contributed by atoms with Gasteiger partial charge in [0.1, 0.15) is 5.82 Å². The summed E-state index contributed by atoms with van der Waals surface area (Å²) in [5, 5.41) is 3.32. The van der Waals surface area contributed by atoms with E-state index in [0.29, 0.717) is 22.5 Å². The Morgan fingerprint density at radius 1 is 1.03 bits per heavy atom. The molecule has 2 aromatic carbocycles. The zero-order valence-corrected chi connectivity index (χ0v) is 18.5. The quantitative estimate of drug-likeness (QED) is 0.478. The molecule has 1 aliphatic rings. The maximum Gasteiger partial charge on any atom is 0.322 e. The Bertz CT molecular complexity index is 1380. The molecule has 0 radical (unpaired) electrons. The van der Waals surface area contributed by atoms with Crippen LogP contribution in [-0.2, 0) is 7.05 Å². The van der Waals surface area contributed by atoms with Gasteiger partial charge in [-0.15, -0.1) is 0 Å². The van der Waals surface area contributed by atoms with Gasteiger partial charge >= 0.3 is 6.01 Å². The maximum absolute atomic E-state index is 14.1. The summed E-state index contributed by atoms with van der Waals surface area (Å²) < 4.78 is 36.8. The highest BCUT2D eigenvalue weighted by molar-refractivity contribution is 5.79. The molecule has 0 spiro atoms. The van der Waals surface area contributed by atoms with Crippen LogP contribution in [0.3, 0.4) is 0 Å². The Kier molecular flexibility index (Phi) is 5.93. The lowest BCUT2D eigenvalue weighted by Crippen LogP contribution is -2.35. The maximum atomic E-state index is 14.1. The Hall–Kier alpha value is -3.85. The van der Waals surface area contributed by atoms with Crippen molar-refractivity contribution in [2.24, 2.45) is 7.05 Å². The first-order chi connectivity index (χ1) is 16.5. The monoisotopic (exact) mass is 463 g/mol. The Labute approximate surface area is 194 Å². The summed E-state index contributed by atoms with van der Waals surface area (Å²) in [5.41, 5.74) is 1.81. The highest BCUT2D eigenvalue weighted by atomic mass is 19.1. The highest BCUT2D eigenvalue weighted by Crippen LogP contribution is 2.32. The number of benzene rings is 2. The van der Waals surface area contributed by atoms with Crippen molar-refractivity contribution in [2.45, 2.75) is 18.9 Å². The second-order valence-electron chi connectivity index (χ2n) is 8.14. The van der Waals surface area contributed by atoms with Crippen LogP contribution in [0.5, 0.6) is 11.8 Å². The summed E-state index contributed by atoms with van der Waals surface area (Å²) in [7, 11) is 1.81. The van der Waals surface area contributed by atoms with Crippen LogP contribution in [0.4, 0.5) is 8.78 Å². The first-order valence-electron chi connectivity index (χ1n) is 11.1. The van der Waals surface area contributed by atoms with Gasteiger partial charge in [-0.05, 0) is 61.8 Å². The lowest BCUT2D eigenvalue weighted by molar-refractivity contribution is 0.307. The number of rotatable bonds is 5. The molecule has 0 unspecified atom stereocenters. The topological polar surface area (TPSA) is 74.0 Å². The molecule has 1 fully saturated rings. The molecule has 174 valence electrons. The molecule has 4 aromatic rings. The third-order valence-electron chi connectivity index (χ3n) is 6.01. The van der Waals surface area contributed by atoms with Gasteiger partial charge in [-0.1, -0.05) is 24.3 Å². The van der Waals surface area contributed by atoms with Crippen LogP contribution in [0, 0.1) is 11.6 Å². The average molecular weight is 463 g/mol. The van der Waals surface area contributed by atoms with Crippen molar-refractivity contribution in [3.05, 3.63) is 82.8 Å². The zero-order valence-electron chi connectivity index (χ0n) is 18.5. The van der Waals surface area contributed by atoms with Gasteiger partial charge in [0.2, 0.25) is 0 Å². The molecule has 1 aliphatic heterocycles. The smallest absolute Gasteiger partial charge is 0.322 e. The molecule has 7 nitrogen and oxygen atoms in total. The van der Waals surface area contributed by atoms with E-state index in [2.05, 4.69) is 15.3 Å². The van der Waals surface area contributed by atoms with Gasteiger partial charge in [-0.25, -0.2) is 18.4 Å². The largest absolute Gasteiger partial charge is 0.421 e. The van der Waals surface area contributed by atoms with Crippen molar-refractivity contribution >= 4 is 0 Å². The van der Waals surface area contributed by atoms with Crippen LogP contribution in [0.15, 0.2) is 65.6 Å². The molecule has 1 N–H and O–H groups in total. The molecule has 0 aliphatic carbocycles. The number of nitrogens with one attached hydrogen (secondary N) is 1. The van der Waals surface area contributed by atoms with E-state index in [4.69, 9.17) is 4.74 Å². The molecular formula is C25H23F2N5O2. The SMILES string of the molecule is Cn1c(-c2ccnc(Oc3ccccc3F)n2)c(-c2ccc(F)cc2)c(=O)n1C1CCNCC1. The predicted molar refractivity (Wildman–Crippen MR) is 124 cm³/mol. The molecule has 9 heteroatoms. The fraction of sp³-hybridized carbons (Fsp3) is 0.240. The Morgan fingerprint density at radius 2 is 1.76 bits per heavy atom. The van der Waals surface area contributed by atoms with E-state index in [1.165, 1.54) is 30.5 Å². The predicted octanol–water partition coefficient (Wildman–Crippen LogP) is 4.31. The zero-order chi connectivity index (χ0) is 23.7. The Morgan fingerprint density at radius 3 is 2.50 bits per heavy atom. The summed E-state index contributed by atoms with van der Waals surface area (Å²) in [6.45, 7) is 1.63. The minimum absolute atomic E-state index is 0.000396. The second kappa shape index (κ2) is 9.18. The molecule has 0 atom stereocenters. The van der Waals surface area contributed by atoms with E-state index in [-0.39, 0.29) is 29.2 Å². The standard InChI is InChI=1S/C25H23F2N5O2/c1-31-23(20-12-15-29-25(30-20)34-21-5-3-2-4-19(21)27)22(16-6-8-17(26)9-7-16)24(33)32(31)18-10-13-28-14-11-18/h2-9,12,15,18,28H,10-11,13-14H2,1H3. The molecule has 34 heavy (non-hydrogen) atoms. The second-order valence-corrected chi connectivity index (χ2v) is 8.14. The Balaban J connectivity index is 1.65. The van der Waals surface area contributed by atoms with Crippen LogP contribution in [0.1, 0.15) is 18.9 Å². The molecule has 2 aromatic heterocycles. The third kappa shape index (κ3) is 4.10. The summed E-state index contributed by atoms with van der Waals surface area (Å²) in [6, 6.07) is 13.4. The van der Waals surface area contributed by atoms with E-state index in [1.807, 2.05) is 7.05 Å². The number of hydrogen-bond acceptors (Lipinski definition) is 5. The van der Waals surface area contributed by atoms with Gasteiger partial charge in [0.25, 0.3) is 5.56 Å². The van der Waals surface area contributed by atoms with E-state index >= 15 is 0 Å². The van der Waals surface area contributed by atoms with E-state index < -0.39 is 5.82 Å². The van der Waals surface area contributed by atoms with Gasteiger partial charge in [0.15, 0.2) is 11.6 Å². The molecule has 1 saturated heterocycles.